The molecule has 0 aliphatic carbocycles. The van der Waals surface area contributed by atoms with Gasteiger partial charge < -0.3 is 5.11 Å². The SMILES string of the molecule is OCC1CN(Cc2cc3cc(F)ccc3s2)C1. The Balaban J connectivity index is 1.73. The maximum atomic E-state index is 13.0. The van der Waals surface area contributed by atoms with Crippen LogP contribution < -0.4 is 0 Å². The van der Waals surface area contributed by atoms with E-state index in [1.165, 1.54) is 10.9 Å². The fourth-order valence-corrected chi connectivity index (χ4v) is 3.38. The van der Waals surface area contributed by atoms with Crippen molar-refractivity contribution in [3.63, 3.8) is 0 Å². The maximum absolute atomic E-state index is 13.0. The summed E-state index contributed by atoms with van der Waals surface area (Å²) in [5.74, 6) is 0.271. The number of rotatable bonds is 3. The summed E-state index contributed by atoms with van der Waals surface area (Å²) in [5.41, 5.74) is 0. The molecule has 0 atom stereocenters. The Morgan fingerprint density at radius 2 is 2.18 bits per heavy atom. The molecule has 1 saturated heterocycles. The fourth-order valence-electron chi connectivity index (χ4n) is 2.29. The molecular formula is C13H14FNOS. The van der Waals surface area contributed by atoms with E-state index in [2.05, 4.69) is 11.0 Å². The predicted octanol–water partition coefficient (Wildman–Crippen LogP) is 2.46. The number of benzene rings is 1. The van der Waals surface area contributed by atoms with Crippen LogP contribution in [0.2, 0.25) is 0 Å². The van der Waals surface area contributed by atoms with Crippen LogP contribution in [-0.4, -0.2) is 29.7 Å². The van der Waals surface area contributed by atoms with Crippen LogP contribution in [0.15, 0.2) is 24.3 Å². The number of thiophene rings is 1. The summed E-state index contributed by atoms with van der Waals surface area (Å²) in [6.07, 6.45) is 0. The van der Waals surface area contributed by atoms with Crippen molar-refractivity contribution < 1.29 is 9.50 Å². The number of aliphatic hydroxyl groups is 1. The number of aliphatic hydroxyl groups excluding tert-OH is 1. The van der Waals surface area contributed by atoms with Crippen molar-refractivity contribution in [3.8, 4) is 0 Å². The minimum atomic E-state index is -0.175. The molecule has 3 rings (SSSR count). The van der Waals surface area contributed by atoms with E-state index in [0.717, 1.165) is 29.7 Å². The number of likely N-dealkylation sites (tertiary alicyclic amines) is 1. The third-order valence-electron chi connectivity index (χ3n) is 3.20. The van der Waals surface area contributed by atoms with E-state index in [1.54, 1.807) is 17.4 Å². The lowest BCUT2D eigenvalue weighted by Gasteiger charge is -2.37. The monoisotopic (exact) mass is 251 g/mol. The smallest absolute Gasteiger partial charge is 0.123 e. The molecule has 0 amide bonds. The van der Waals surface area contributed by atoms with E-state index >= 15 is 0 Å². The first-order chi connectivity index (χ1) is 8.24. The largest absolute Gasteiger partial charge is 0.396 e. The highest BCUT2D eigenvalue weighted by Crippen LogP contribution is 2.28. The van der Waals surface area contributed by atoms with Gasteiger partial charge in [-0.1, -0.05) is 0 Å². The maximum Gasteiger partial charge on any atom is 0.123 e. The topological polar surface area (TPSA) is 23.5 Å². The number of nitrogens with zero attached hydrogens (tertiary/aromatic N) is 1. The standard InChI is InChI=1S/C13H14FNOS/c14-11-1-2-13-10(3-11)4-12(17-13)7-15-5-9(6-15)8-16/h1-4,9,16H,5-8H2. The molecule has 0 saturated carbocycles. The second-order valence-electron chi connectivity index (χ2n) is 4.64. The third kappa shape index (κ3) is 2.20. The molecule has 0 spiro atoms. The Morgan fingerprint density at radius 1 is 1.35 bits per heavy atom. The zero-order chi connectivity index (χ0) is 11.8. The van der Waals surface area contributed by atoms with Crippen molar-refractivity contribution in [2.24, 2.45) is 5.92 Å². The van der Waals surface area contributed by atoms with E-state index in [0.29, 0.717) is 5.92 Å². The van der Waals surface area contributed by atoms with Crippen LogP contribution in [0.1, 0.15) is 4.88 Å². The van der Waals surface area contributed by atoms with E-state index in [-0.39, 0.29) is 12.4 Å². The summed E-state index contributed by atoms with van der Waals surface area (Å²) in [4.78, 5) is 3.57. The first-order valence-corrected chi connectivity index (χ1v) is 6.57. The zero-order valence-electron chi connectivity index (χ0n) is 9.40. The van der Waals surface area contributed by atoms with Crippen LogP contribution in [0, 0.1) is 11.7 Å². The second-order valence-corrected chi connectivity index (χ2v) is 5.81. The molecule has 2 heterocycles. The van der Waals surface area contributed by atoms with Crippen LogP contribution in [0.3, 0.4) is 0 Å². The normalized spacial score (nSPS) is 17.5. The Morgan fingerprint density at radius 3 is 2.94 bits per heavy atom. The Kier molecular flexibility index (Phi) is 2.86. The van der Waals surface area contributed by atoms with Crippen LogP contribution >= 0.6 is 11.3 Å². The molecule has 1 fully saturated rings. The molecule has 0 bridgehead atoms. The lowest BCUT2D eigenvalue weighted by Crippen LogP contribution is -2.47. The van der Waals surface area contributed by atoms with Gasteiger partial charge in [0.05, 0.1) is 0 Å². The van der Waals surface area contributed by atoms with Crippen molar-refractivity contribution in [1.82, 2.24) is 4.90 Å². The first-order valence-electron chi connectivity index (χ1n) is 5.76. The lowest BCUT2D eigenvalue weighted by molar-refractivity contribution is 0.0487. The minimum Gasteiger partial charge on any atom is -0.396 e. The molecule has 2 aromatic rings. The molecule has 2 nitrogen and oxygen atoms in total. The summed E-state index contributed by atoms with van der Waals surface area (Å²) in [7, 11) is 0. The van der Waals surface area contributed by atoms with E-state index in [9.17, 15) is 4.39 Å². The predicted molar refractivity (Wildman–Crippen MR) is 67.6 cm³/mol. The molecule has 4 heteroatoms. The average Bonchev–Trinajstić information content (AvgIpc) is 2.64. The first kappa shape index (κ1) is 11.1. The minimum absolute atomic E-state index is 0.175. The molecule has 0 radical (unpaired) electrons. The molecule has 1 aliphatic heterocycles. The number of halogens is 1. The second kappa shape index (κ2) is 4.37. The molecule has 1 N–H and O–H groups in total. The van der Waals surface area contributed by atoms with Gasteiger partial charge in [-0.3, -0.25) is 4.90 Å². The van der Waals surface area contributed by atoms with Gasteiger partial charge in [0.1, 0.15) is 5.82 Å². The number of fused-ring (bicyclic) bond motifs is 1. The molecular weight excluding hydrogens is 237 g/mol. The van der Waals surface area contributed by atoms with E-state index in [4.69, 9.17) is 5.11 Å². The van der Waals surface area contributed by atoms with E-state index < -0.39 is 0 Å². The highest BCUT2D eigenvalue weighted by molar-refractivity contribution is 7.19. The average molecular weight is 251 g/mol. The summed E-state index contributed by atoms with van der Waals surface area (Å²) < 4.78 is 14.2. The summed E-state index contributed by atoms with van der Waals surface area (Å²) in [5, 5.41) is 9.94. The number of hydrogen-bond donors (Lipinski definition) is 1. The molecule has 90 valence electrons. The van der Waals surface area contributed by atoms with Crippen LogP contribution in [0.25, 0.3) is 10.1 Å². The van der Waals surface area contributed by atoms with Gasteiger partial charge in [-0.15, -0.1) is 11.3 Å². The van der Waals surface area contributed by atoms with Crippen LogP contribution in [0.4, 0.5) is 4.39 Å². The molecule has 1 aromatic heterocycles. The van der Waals surface area contributed by atoms with Crippen molar-refractivity contribution in [2.75, 3.05) is 19.7 Å². The van der Waals surface area contributed by atoms with Gasteiger partial charge in [-0.2, -0.15) is 0 Å². The van der Waals surface area contributed by atoms with Crippen LogP contribution in [-0.2, 0) is 6.54 Å². The number of hydrogen-bond acceptors (Lipinski definition) is 3. The molecule has 1 aromatic carbocycles. The van der Waals surface area contributed by atoms with Crippen molar-refractivity contribution >= 4 is 21.4 Å². The summed E-state index contributed by atoms with van der Waals surface area (Å²) in [6, 6.07) is 7.00. The van der Waals surface area contributed by atoms with Gasteiger partial charge in [0.2, 0.25) is 0 Å². The summed E-state index contributed by atoms with van der Waals surface area (Å²) >= 11 is 1.72. The van der Waals surface area contributed by atoms with Gasteiger partial charge in [-0.05, 0) is 29.7 Å². The lowest BCUT2D eigenvalue weighted by atomic mass is 10.0. The Bertz CT molecular complexity index is 533. The quantitative estimate of drug-likeness (QED) is 0.906. The highest BCUT2D eigenvalue weighted by atomic mass is 32.1. The molecule has 1 aliphatic rings. The zero-order valence-corrected chi connectivity index (χ0v) is 10.2. The van der Waals surface area contributed by atoms with Gasteiger partial charge in [-0.25, -0.2) is 4.39 Å². The molecule has 17 heavy (non-hydrogen) atoms. The Hall–Kier alpha value is -0.970. The van der Waals surface area contributed by atoms with Crippen molar-refractivity contribution in [2.45, 2.75) is 6.54 Å². The van der Waals surface area contributed by atoms with Gasteiger partial charge in [0.25, 0.3) is 0 Å². The van der Waals surface area contributed by atoms with Crippen molar-refractivity contribution in [3.05, 3.63) is 35.0 Å². The third-order valence-corrected chi connectivity index (χ3v) is 4.30. The van der Waals surface area contributed by atoms with Gasteiger partial charge in [0, 0.05) is 41.7 Å². The van der Waals surface area contributed by atoms with Crippen molar-refractivity contribution in [1.29, 1.82) is 0 Å². The van der Waals surface area contributed by atoms with E-state index in [1.807, 2.05) is 6.07 Å². The highest BCUT2D eigenvalue weighted by Gasteiger charge is 2.25. The van der Waals surface area contributed by atoms with Crippen LogP contribution in [0.5, 0.6) is 0 Å². The molecule has 0 unspecified atom stereocenters. The van der Waals surface area contributed by atoms with Gasteiger partial charge >= 0.3 is 0 Å². The fraction of sp³-hybridized carbons (Fsp3) is 0.385. The Labute approximate surface area is 103 Å². The van der Waals surface area contributed by atoms with Gasteiger partial charge in [0.15, 0.2) is 0 Å². The summed E-state index contributed by atoms with van der Waals surface area (Å²) in [6.45, 7) is 3.14.